The van der Waals surface area contributed by atoms with E-state index in [1.807, 2.05) is 24.2 Å². The van der Waals surface area contributed by atoms with E-state index in [1.165, 1.54) is 0 Å². The maximum Gasteiger partial charge on any atom is 0.0640 e. The molecule has 2 N–H and O–H groups in total. The zero-order chi connectivity index (χ0) is 11.1. The first-order valence-electron chi connectivity index (χ1n) is 5.10. The maximum atomic E-state index is 8.74. The fraction of sp³-hybridized carbons (Fsp3) is 0.700. The molecule has 0 saturated heterocycles. The van der Waals surface area contributed by atoms with Crippen molar-refractivity contribution in [3.63, 3.8) is 0 Å². The van der Waals surface area contributed by atoms with Gasteiger partial charge >= 0.3 is 0 Å². The average Bonchev–Trinajstić information content (AvgIpc) is 2.64. The van der Waals surface area contributed by atoms with Crippen LogP contribution >= 0.6 is 11.8 Å². The van der Waals surface area contributed by atoms with Gasteiger partial charge in [0, 0.05) is 30.1 Å². The van der Waals surface area contributed by atoms with Crippen LogP contribution in [0, 0.1) is 0 Å². The summed E-state index contributed by atoms with van der Waals surface area (Å²) in [4.78, 5) is 0. The number of hydrogen-bond acceptors (Lipinski definition) is 4. The number of aromatic nitrogens is 2. The average molecular weight is 229 g/mol. The highest BCUT2D eigenvalue weighted by molar-refractivity contribution is 7.98. The summed E-state index contributed by atoms with van der Waals surface area (Å²) in [7, 11) is 0. The van der Waals surface area contributed by atoms with Gasteiger partial charge in [-0.2, -0.15) is 16.9 Å². The number of aliphatic hydroxyl groups is 1. The molecule has 0 radical (unpaired) electrons. The molecule has 0 fully saturated rings. The molecule has 1 aromatic rings. The van der Waals surface area contributed by atoms with E-state index in [4.69, 9.17) is 5.11 Å². The third-order valence-electron chi connectivity index (χ3n) is 2.09. The minimum atomic E-state index is 0.136. The Labute approximate surface area is 95.1 Å². The molecule has 86 valence electrons. The van der Waals surface area contributed by atoms with Crippen molar-refractivity contribution in [3.05, 3.63) is 18.0 Å². The van der Waals surface area contributed by atoms with Crippen LogP contribution < -0.4 is 5.32 Å². The van der Waals surface area contributed by atoms with E-state index in [0.29, 0.717) is 12.6 Å². The topological polar surface area (TPSA) is 50.1 Å². The van der Waals surface area contributed by atoms with E-state index in [2.05, 4.69) is 23.6 Å². The molecule has 0 aromatic carbocycles. The quantitative estimate of drug-likeness (QED) is 0.723. The van der Waals surface area contributed by atoms with E-state index in [0.717, 1.165) is 17.9 Å². The summed E-state index contributed by atoms with van der Waals surface area (Å²) < 4.78 is 1.76. The van der Waals surface area contributed by atoms with Crippen molar-refractivity contribution in [1.29, 1.82) is 0 Å². The van der Waals surface area contributed by atoms with Crippen LogP contribution in [0.25, 0.3) is 0 Å². The first-order chi connectivity index (χ1) is 7.26. The van der Waals surface area contributed by atoms with Crippen molar-refractivity contribution in [2.75, 3.05) is 18.6 Å². The maximum absolute atomic E-state index is 8.74. The minimum absolute atomic E-state index is 0.136. The largest absolute Gasteiger partial charge is 0.394 e. The first-order valence-corrected chi connectivity index (χ1v) is 6.50. The van der Waals surface area contributed by atoms with Crippen LogP contribution in [0.3, 0.4) is 0 Å². The Hall–Kier alpha value is -0.520. The van der Waals surface area contributed by atoms with Gasteiger partial charge in [0.15, 0.2) is 0 Å². The van der Waals surface area contributed by atoms with Crippen molar-refractivity contribution in [3.8, 4) is 0 Å². The molecular formula is C10H19N3OS. The molecule has 0 aliphatic rings. The summed E-state index contributed by atoms with van der Waals surface area (Å²) in [5, 5.41) is 16.3. The molecule has 1 rings (SSSR count). The van der Waals surface area contributed by atoms with Crippen molar-refractivity contribution in [2.24, 2.45) is 0 Å². The van der Waals surface area contributed by atoms with Gasteiger partial charge in [-0.05, 0) is 13.2 Å². The highest BCUT2D eigenvalue weighted by Gasteiger charge is 2.02. The van der Waals surface area contributed by atoms with Gasteiger partial charge < -0.3 is 10.4 Å². The molecule has 0 spiro atoms. The van der Waals surface area contributed by atoms with E-state index in [-0.39, 0.29) is 6.61 Å². The number of aliphatic hydroxyl groups excluding tert-OH is 1. The Morgan fingerprint density at radius 3 is 3.13 bits per heavy atom. The third kappa shape index (κ3) is 4.68. The van der Waals surface area contributed by atoms with Crippen molar-refractivity contribution < 1.29 is 5.11 Å². The van der Waals surface area contributed by atoms with Gasteiger partial charge in [-0.1, -0.05) is 0 Å². The van der Waals surface area contributed by atoms with Crippen molar-refractivity contribution >= 4 is 11.8 Å². The molecular weight excluding hydrogens is 210 g/mol. The predicted molar refractivity (Wildman–Crippen MR) is 64.0 cm³/mol. The lowest BCUT2D eigenvalue weighted by Crippen LogP contribution is -2.27. The lowest BCUT2D eigenvalue weighted by Gasteiger charge is -2.10. The number of nitrogens with one attached hydrogen (secondary N) is 1. The number of thioether (sulfide) groups is 1. The smallest absolute Gasteiger partial charge is 0.0640 e. The van der Waals surface area contributed by atoms with Crippen molar-refractivity contribution in [1.82, 2.24) is 15.1 Å². The summed E-state index contributed by atoms with van der Waals surface area (Å²) in [5.41, 5.74) is 1.16. The highest BCUT2D eigenvalue weighted by Crippen LogP contribution is 2.00. The summed E-state index contributed by atoms with van der Waals surface area (Å²) in [6.45, 7) is 3.72. The molecule has 0 saturated carbocycles. The standard InChI is InChI=1S/C10H19N3OS/c1-9(8-15-2)11-5-10-6-12-13(7-10)3-4-14/h6-7,9,11,14H,3-5,8H2,1-2H3. The van der Waals surface area contributed by atoms with Gasteiger partial charge in [0.05, 0.1) is 19.3 Å². The lowest BCUT2D eigenvalue weighted by molar-refractivity contribution is 0.269. The predicted octanol–water partition coefficient (Wildman–Crippen LogP) is 0.716. The molecule has 0 aliphatic carbocycles. The lowest BCUT2D eigenvalue weighted by atomic mass is 10.3. The van der Waals surface area contributed by atoms with Crippen LogP contribution in [0.4, 0.5) is 0 Å². The second-order valence-corrected chi connectivity index (χ2v) is 4.48. The van der Waals surface area contributed by atoms with Gasteiger partial charge in [-0.3, -0.25) is 4.68 Å². The van der Waals surface area contributed by atoms with Gasteiger partial charge in [-0.25, -0.2) is 0 Å². The van der Waals surface area contributed by atoms with Crippen LogP contribution in [-0.4, -0.2) is 39.5 Å². The third-order valence-corrected chi connectivity index (χ3v) is 2.92. The van der Waals surface area contributed by atoms with Gasteiger partial charge in [0.1, 0.15) is 0 Å². The molecule has 1 unspecified atom stereocenters. The Kier molecular flexibility index (Phi) is 5.75. The molecule has 5 heteroatoms. The molecule has 0 amide bonds. The van der Waals surface area contributed by atoms with Gasteiger partial charge in [-0.15, -0.1) is 0 Å². The zero-order valence-electron chi connectivity index (χ0n) is 9.31. The van der Waals surface area contributed by atoms with Gasteiger partial charge in [0.2, 0.25) is 0 Å². The SMILES string of the molecule is CSCC(C)NCc1cnn(CCO)c1. The Balaban J connectivity index is 2.30. The number of hydrogen-bond donors (Lipinski definition) is 2. The summed E-state index contributed by atoms with van der Waals surface area (Å²) in [5.74, 6) is 1.12. The zero-order valence-corrected chi connectivity index (χ0v) is 10.1. The van der Waals surface area contributed by atoms with Crippen molar-refractivity contribution in [2.45, 2.75) is 26.1 Å². The summed E-state index contributed by atoms with van der Waals surface area (Å²) in [6, 6.07) is 0.515. The Morgan fingerprint density at radius 2 is 2.47 bits per heavy atom. The number of rotatable bonds is 7. The van der Waals surface area contributed by atoms with Gasteiger partial charge in [0.25, 0.3) is 0 Å². The number of nitrogens with zero attached hydrogens (tertiary/aromatic N) is 2. The normalized spacial score (nSPS) is 13.0. The van der Waals surface area contributed by atoms with E-state index in [1.54, 1.807) is 4.68 Å². The molecule has 1 atom stereocenters. The fourth-order valence-electron chi connectivity index (χ4n) is 1.32. The molecule has 4 nitrogen and oxygen atoms in total. The Morgan fingerprint density at radius 1 is 1.67 bits per heavy atom. The monoisotopic (exact) mass is 229 g/mol. The van der Waals surface area contributed by atoms with Crippen LogP contribution in [0.15, 0.2) is 12.4 Å². The van der Waals surface area contributed by atoms with Crippen LogP contribution in [0.1, 0.15) is 12.5 Å². The van der Waals surface area contributed by atoms with E-state index < -0.39 is 0 Å². The molecule has 1 heterocycles. The highest BCUT2D eigenvalue weighted by atomic mass is 32.2. The Bertz CT molecular complexity index is 277. The van der Waals surface area contributed by atoms with E-state index in [9.17, 15) is 0 Å². The molecule has 0 bridgehead atoms. The van der Waals surface area contributed by atoms with E-state index >= 15 is 0 Å². The van der Waals surface area contributed by atoms with Crippen LogP contribution in [0.5, 0.6) is 0 Å². The second kappa shape index (κ2) is 6.87. The fourth-order valence-corrected chi connectivity index (χ4v) is 1.94. The molecule has 15 heavy (non-hydrogen) atoms. The summed E-state index contributed by atoms with van der Waals surface area (Å²) >= 11 is 1.84. The molecule has 0 aliphatic heterocycles. The first kappa shape index (κ1) is 12.5. The second-order valence-electron chi connectivity index (χ2n) is 3.57. The van der Waals surface area contributed by atoms with Crippen LogP contribution in [-0.2, 0) is 13.1 Å². The minimum Gasteiger partial charge on any atom is -0.394 e. The molecule has 1 aromatic heterocycles. The summed E-state index contributed by atoms with van der Waals surface area (Å²) in [6.07, 6.45) is 5.92. The van der Waals surface area contributed by atoms with Crippen LogP contribution in [0.2, 0.25) is 0 Å².